The highest BCUT2D eigenvalue weighted by Gasteiger charge is 2.00. The third-order valence-electron chi connectivity index (χ3n) is 2.17. The number of aliphatic hydroxyl groups is 1. The molecule has 0 spiro atoms. The summed E-state index contributed by atoms with van der Waals surface area (Å²) in [7, 11) is 0. The summed E-state index contributed by atoms with van der Waals surface area (Å²) < 4.78 is 0. The number of hydrogen-bond acceptors (Lipinski definition) is 4. The zero-order valence-electron chi connectivity index (χ0n) is 12.9. The van der Waals surface area contributed by atoms with Crippen LogP contribution in [-0.4, -0.2) is 23.3 Å². The molecule has 0 unspecified atom stereocenters. The van der Waals surface area contributed by atoms with Crippen LogP contribution in [-0.2, 0) is 0 Å². The van der Waals surface area contributed by atoms with E-state index in [-0.39, 0.29) is 6.61 Å². The third-order valence-corrected chi connectivity index (χ3v) is 2.17. The highest BCUT2D eigenvalue weighted by atomic mass is 16.3. The molecule has 4 heteroatoms. The van der Waals surface area contributed by atoms with Crippen molar-refractivity contribution < 1.29 is 5.11 Å². The van der Waals surface area contributed by atoms with Gasteiger partial charge in [-0.25, -0.2) is 5.84 Å². The Balaban J connectivity index is 0. The molecule has 0 bridgehead atoms. The van der Waals surface area contributed by atoms with E-state index in [0.29, 0.717) is 12.2 Å². The Labute approximate surface area is 118 Å². The maximum absolute atomic E-state index is 8.66. The van der Waals surface area contributed by atoms with Crippen molar-refractivity contribution >= 4 is 0 Å². The lowest BCUT2D eigenvalue weighted by Crippen LogP contribution is -2.29. The van der Waals surface area contributed by atoms with Gasteiger partial charge in [-0.1, -0.05) is 45.9 Å². The summed E-state index contributed by atoms with van der Waals surface area (Å²) in [5, 5.41) is 10.1. The standard InChI is InChI=1S/C11H19N3O.2C2H6/c12-11(9-14(13)6-7-15)8-10-4-2-1-3-5-10;2*1-2/h2,4-5,9,15H,1,3,6-8,12-13H2;2*1-2H3/b11-9-;;. The molecule has 0 fully saturated rings. The molecule has 5 N–H and O–H groups in total. The van der Waals surface area contributed by atoms with Gasteiger partial charge in [0.1, 0.15) is 0 Å². The molecule has 1 rings (SSSR count). The number of aliphatic hydroxyl groups excluding tert-OH is 1. The molecular formula is C15H31N3O. The van der Waals surface area contributed by atoms with Crippen LogP contribution in [0.3, 0.4) is 0 Å². The minimum Gasteiger partial charge on any atom is -0.401 e. The fourth-order valence-electron chi connectivity index (χ4n) is 1.47. The molecule has 19 heavy (non-hydrogen) atoms. The van der Waals surface area contributed by atoms with Crippen LogP contribution < -0.4 is 11.6 Å². The maximum Gasteiger partial charge on any atom is 0.0622 e. The second-order valence-electron chi connectivity index (χ2n) is 3.60. The Morgan fingerprint density at radius 1 is 1.32 bits per heavy atom. The molecule has 112 valence electrons. The molecular weight excluding hydrogens is 238 g/mol. The summed E-state index contributed by atoms with van der Waals surface area (Å²) in [4.78, 5) is 0. The van der Waals surface area contributed by atoms with Crippen molar-refractivity contribution in [2.75, 3.05) is 13.2 Å². The van der Waals surface area contributed by atoms with E-state index in [1.54, 1.807) is 6.20 Å². The second-order valence-corrected chi connectivity index (χ2v) is 3.60. The molecule has 0 atom stereocenters. The topological polar surface area (TPSA) is 75.5 Å². The molecule has 0 saturated heterocycles. The zero-order chi connectivity index (χ0) is 15.1. The largest absolute Gasteiger partial charge is 0.401 e. The first-order valence-corrected chi connectivity index (χ1v) is 7.16. The summed E-state index contributed by atoms with van der Waals surface area (Å²) in [6.07, 6.45) is 11.0. The van der Waals surface area contributed by atoms with E-state index < -0.39 is 0 Å². The molecule has 1 aliphatic rings. The molecule has 0 heterocycles. The molecule has 0 aromatic rings. The summed E-state index contributed by atoms with van der Waals surface area (Å²) in [5.74, 6) is 5.57. The van der Waals surface area contributed by atoms with Crippen molar-refractivity contribution in [1.82, 2.24) is 5.01 Å². The van der Waals surface area contributed by atoms with Crippen LogP contribution in [0.15, 0.2) is 35.7 Å². The van der Waals surface area contributed by atoms with Crippen molar-refractivity contribution in [3.8, 4) is 0 Å². The number of nitrogens with zero attached hydrogens (tertiary/aromatic N) is 1. The van der Waals surface area contributed by atoms with E-state index in [9.17, 15) is 0 Å². The minimum absolute atomic E-state index is 0.0306. The first kappa shape index (κ1) is 20.1. The highest BCUT2D eigenvalue weighted by Crippen LogP contribution is 2.15. The van der Waals surface area contributed by atoms with E-state index in [1.807, 2.05) is 27.7 Å². The number of nitrogens with two attached hydrogens (primary N) is 2. The van der Waals surface area contributed by atoms with Crippen molar-refractivity contribution in [2.24, 2.45) is 11.6 Å². The molecule has 0 aliphatic heterocycles. The van der Waals surface area contributed by atoms with Crippen molar-refractivity contribution in [3.63, 3.8) is 0 Å². The van der Waals surface area contributed by atoms with Gasteiger partial charge < -0.3 is 15.8 Å². The van der Waals surface area contributed by atoms with Gasteiger partial charge in [-0.2, -0.15) is 0 Å². The first-order valence-electron chi connectivity index (χ1n) is 7.16. The van der Waals surface area contributed by atoms with Crippen molar-refractivity contribution in [2.45, 2.75) is 47.0 Å². The predicted octanol–water partition coefficient (Wildman–Crippen LogP) is 2.67. The van der Waals surface area contributed by atoms with Crippen LogP contribution in [0.1, 0.15) is 47.0 Å². The normalized spacial score (nSPS) is 13.6. The van der Waals surface area contributed by atoms with Crippen LogP contribution in [0.2, 0.25) is 0 Å². The average Bonchev–Trinajstić information content (AvgIpc) is 2.44. The smallest absolute Gasteiger partial charge is 0.0622 e. The van der Waals surface area contributed by atoms with Crippen LogP contribution in [0.25, 0.3) is 0 Å². The zero-order valence-corrected chi connectivity index (χ0v) is 12.9. The van der Waals surface area contributed by atoms with E-state index in [1.165, 1.54) is 10.6 Å². The van der Waals surface area contributed by atoms with Gasteiger partial charge in [0.05, 0.1) is 13.2 Å². The Morgan fingerprint density at radius 3 is 2.42 bits per heavy atom. The quantitative estimate of drug-likeness (QED) is 0.530. The molecule has 1 aliphatic carbocycles. The fraction of sp³-hybridized carbons (Fsp3) is 0.600. The Hall–Kier alpha value is -1.26. The van der Waals surface area contributed by atoms with Gasteiger partial charge in [-0.05, 0) is 18.4 Å². The fourth-order valence-corrected chi connectivity index (χ4v) is 1.47. The van der Waals surface area contributed by atoms with Gasteiger partial charge >= 0.3 is 0 Å². The molecule has 0 saturated carbocycles. The summed E-state index contributed by atoms with van der Waals surface area (Å²) in [5.41, 5.74) is 7.76. The van der Waals surface area contributed by atoms with E-state index >= 15 is 0 Å². The lowest BCUT2D eigenvalue weighted by molar-refractivity contribution is 0.238. The van der Waals surface area contributed by atoms with Crippen molar-refractivity contribution in [1.29, 1.82) is 0 Å². The lowest BCUT2D eigenvalue weighted by atomic mass is 10.0. The average molecular weight is 269 g/mol. The predicted molar refractivity (Wildman–Crippen MR) is 84.0 cm³/mol. The highest BCUT2D eigenvalue weighted by molar-refractivity contribution is 5.26. The molecule has 4 nitrogen and oxygen atoms in total. The maximum atomic E-state index is 8.66. The summed E-state index contributed by atoms with van der Waals surface area (Å²) in [6, 6.07) is 0. The van der Waals surface area contributed by atoms with E-state index in [2.05, 4.69) is 18.2 Å². The van der Waals surface area contributed by atoms with Gasteiger partial charge in [0, 0.05) is 18.3 Å². The monoisotopic (exact) mass is 269 g/mol. The van der Waals surface area contributed by atoms with Gasteiger partial charge in [0.2, 0.25) is 0 Å². The van der Waals surface area contributed by atoms with Gasteiger partial charge in [-0.15, -0.1) is 0 Å². The minimum atomic E-state index is 0.0306. The Kier molecular flexibility index (Phi) is 15.6. The third kappa shape index (κ3) is 11.6. The first-order chi connectivity index (χ1) is 9.22. The summed E-state index contributed by atoms with van der Waals surface area (Å²) in [6.45, 7) is 8.43. The molecule has 0 aromatic heterocycles. The van der Waals surface area contributed by atoms with E-state index in [4.69, 9.17) is 16.7 Å². The van der Waals surface area contributed by atoms with E-state index in [0.717, 1.165) is 19.3 Å². The molecule has 0 amide bonds. The van der Waals surface area contributed by atoms with Crippen molar-refractivity contribution in [3.05, 3.63) is 35.7 Å². The van der Waals surface area contributed by atoms with Crippen LogP contribution in [0, 0.1) is 0 Å². The molecule has 0 radical (unpaired) electrons. The number of allylic oxidation sites excluding steroid dienone is 4. The summed E-state index contributed by atoms with van der Waals surface area (Å²) >= 11 is 0. The Bertz CT molecular complexity index is 283. The van der Waals surface area contributed by atoms with Gasteiger partial charge in [0.15, 0.2) is 0 Å². The number of hydrogen-bond donors (Lipinski definition) is 3. The number of rotatable bonds is 5. The van der Waals surface area contributed by atoms with Crippen LogP contribution in [0.5, 0.6) is 0 Å². The SMILES string of the molecule is CC.CC.N/C(=C\N(N)CCO)CC1=CCCC=C1. The van der Waals surface area contributed by atoms with Gasteiger partial charge in [-0.3, -0.25) is 0 Å². The van der Waals surface area contributed by atoms with Crippen LogP contribution in [0.4, 0.5) is 0 Å². The lowest BCUT2D eigenvalue weighted by Gasteiger charge is -2.14. The molecule has 0 aromatic carbocycles. The van der Waals surface area contributed by atoms with Gasteiger partial charge in [0.25, 0.3) is 0 Å². The van der Waals surface area contributed by atoms with Crippen LogP contribution >= 0.6 is 0 Å². The second kappa shape index (κ2) is 14.8. The Morgan fingerprint density at radius 2 is 1.95 bits per heavy atom. The number of hydrazine groups is 1.